The maximum absolute atomic E-state index is 12.2. The molecule has 3 rings (SSSR count). The lowest BCUT2D eigenvalue weighted by molar-refractivity contribution is -0.146. The molecule has 3 heterocycles. The number of hydrogen-bond donors (Lipinski definition) is 2. The van der Waals surface area contributed by atoms with Gasteiger partial charge in [-0.1, -0.05) is 12.2 Å². The normalized spacial score (nSPS) is 30.4. The first kappa shape index (κ1) is 12.8. The number of carboxylic acids is 1. The van der Waals surface area contributed by atoms with Gasteiger partial charge >= 0.3 is 5.97 Å². The van der Waals surface area contributed by atoms with E-state index in [0.29, 0.717) is 6.54 Å². The summed E-state index contributed by atoms with van der Waals surface area (Å²) in [7, 11) is 0. The van der Waals surface area contributed by atoms with Crippen LogP contribution in [0.1, 0.15) is 5.56 Å². The molecule has 1 fully saturated rings. The van der Waals surface area contributed by atoms with Crippen molar-refractivity contribution in [1.82, 2.24) is 10.3 Å². The number of hydrogen-bond acceptors (Lipinski definition) is 4. The zero-order chi connectivity index (χ0) is 14.1. The van der Waals surface area contributed by atoms with Gasteiger partial charge in [-0.25, -0.2) is 0 Å². The van der Waals surface area contributed by atoms with Crippen LogP contribution in [0.2, 0.25) is 0 Å². The van der Waals surface area contributed by atoms with E-state index in [2.05, 4.69) is 10.3 Å². The molecule has 1 aromatic heterocycles. The van der Waals surface area contributed by atoms with E-state index in [9.17, 15) is 14.7 Å². The predicted molar refractivity (Wildman–Crippen MR) is 68.5 cm³/mol. The van der Waals surface area contributed by atoms with Gasteiger partial charge in [-0.05, 0) is 17.7 Å². The number of carbonyl (C=O) groups excluding carboxylic acids is 1. The molecule has 6 heteroatoms. The van der Waals surface area contributed by atoms with Crippen molar-refractivity contribution >= 4 is 11.9 Å². The van der Waals surface area contributed by atoms with Crippen LogP contribution in [-0.4, -0.2) is 34.2 Å². The van der Waals surface area contributed by atoms with Crippen LogP contribution >= 0.6 is 0 Å². The number of aliphatic carboxylic acids is 1. The maximum Gasteiger partial charge on any atom is 0.310 e. The highest BCUT2D eigenvalue weighted by Gasteiger charge is 2.53. The van der Waals surface area contributed by atoms with Crippen LogP contribution in [0.3, 0.4) is 0 Å². The molecule has 1 aromatic rings. The van der Waals surface area contributed by atoms with Crippen molar-refractivity contribution < 1.29 is 19.4 Å². The van der Waals surface area contributed by atoms with Crippen LogP contribution in [-0.2, 0) is 20.9 Å². The summed E-state index contributed by atoms with van der Waals surface area (Å²) in [5.74, 6) is -2.75. The third-order valence-corrected chi connectivity index (χ3v) is 3.70. The van der Waals surface area contributed by atoms with Gasteiger partial charge in [-0.15, -0.1) is 0 Å². The minimum atomic E-state index is -0.995. The molecule has 0 aliphatic carbocycles. The number of rotatable bonds is 4. The lowest BCUT2D eigenvalue weighted by Gasteiger charge is -2.20. The highest BCUT2D eigenvalue weighted by molar-refractivity contribution is 5.87. The first-order valence-corrected chi connectivity index (χ1v) is 6.40. The molecule has 0 spiro atoms. The molecule has 2 bridgehead atoms. The number of ether oxygens (including phenoxy) is 1. The molecule has 1 saturated heterocycles. The fraction of sp³-hybridized carbons (Fsp3) is 0.357. The van der Waals surface area contributed by atoms with Gasteiger partial charge in [0.15, 0.2) is 0 Å². The van der Waals surface area contributed by atoms with E-state index in [0.717, 1.165) is 5.56 Å². The van der Waals surface area contributed by atoms with Crippen LogP contribution in [0.15, 0.2) is 36.7 Å². The monoisotopic (exact) mass is 274 g/mol. The van der Waals surface area contributed by atoms with Gasteiger partial charge in [0.05, 0.1) is 18.1 Å². The molecule has 0 radical (unpaired) electrons. The number of carbonyl (C=O) groups is 2. The van der Waals surface area contributed by atoms with Gasteiger partial charge in [0.1, 0.15) is 5.92 Å². The van der Waals surface area contributed by atoms with Crippen molar-refractivity contribution in [2.75, 3.05) is 0 Å². The van der Waals surface area contributed by atoms with Gasteiger partial charge in [0.25, 0.3) is 0 Å². The van der Waals surface area contributed by atoms with Crippen LogP contribution < -0.4 is 5.32 Å². The zero-order valence-corrected chi connectivity index (χ0v) is 10.6. The first-order chi connectivity index (χ1) is 9.66. The Hall–Kier alpha value is -2.21. The van der Waals surface area contributed by atoms with Gasteiger partial charge in [-0.3, -0.25) is 14.6 Å². The fourth-order valence-corrected chi connectivity index (χ4v) is 2.72. The molecule has 20 heavy (non-hydrogen) atoms. The first-order valence-electron chi connectivity index (χ1n) is 6.40. The van der Waals surface area contributed by atoms with Crippen molar-refractivity contribution in [2.24, 2.45) is 11.8 Å². The zero-order valence-electron chi connectivity index (χ0n) is 10.6. The van der Waals surface area contributed by atoms with Crippen LogP contribution in [0.25, 0.3) is 0 Å². The Balaban J connectivity index is 1.68. The van der Waals surface area contributed by atoms with Crippen molar-refractivity contribution in [2.45, 2.75) is 18.8 Å². The molecule has 1 amide bonds. The Morgan fingerprint density at radius 1 is 1.20 bits per heavy atom. The molecule has 2 aliphatic heterocycles. The standard InChI is InChI=1S/C14H14N2O4/c17-13(16-7-8-3-5-15-6-4-8)11-9-1-2-10(20-9)12(11)14(18)19/h1-6,9-12H,7H2,(H,16,17)(H,18,19)/t9-,10-,11+,12-/m0/s1. The summed E-state index contributed by atoms with van der Waals surface area (Å²) in [5.41, 5.74) is 0.917. The van der Waals surface area contributed by atoms with Gasteiger partial charge < -0.3 is 15.2 Å². The Morgan fingerprint density at radius 3 is 2.50 bits per heavy atom. The summed E-state index contributed by atoms with van der Waals surface area (Å²) in [4.78, 5) is 27.4. The minimum Gasteiger partial charge on any atom is -0.481 e. The second-order valence-corrected chi connectivity index (χ2v) is 4.91. The largest absolute Gasteiger partial charge is 0.481 e. The molecule has 0 unspecified atom stereocenters. The van der Waals surface area contributed by atoms with E-state index < -0.39 is 30.0 Å². The molecule has 2 aliphatic rings. The maximum atomic E-state index is 12.2. The summed E-state index contributed by atoms with van der Waals surface area (Å²) in [5, 5.41) is 12.0. The summed E-state index contributed by atoms with van der Waals surface area (Å²) in [6.45, 7) is 0.352. The molecule has 104 valence electrons. The third-order valence-electron chi connectivity index (χ3n) is 3.70. The van der Waals surface area contributed by atoms with E-state index in [1.165, 1.54) is 0 Å². The summed E-state index contributed by atoms with van der Waals surface area (Å²) >= 11 is 0. The van der Waals surface area contributed by atoms with Crippen molar-refractivity contribution in [3.63, 3.8) is 0 Å². The highest BCUT2D eigenvalue weighted by atomic mass is 16.5. The molecule has 0 saturated carbocycles. The Kier molecular flexibility index (Phi) is 3.23. The predicted octanol–water partition coefficient (Wildman–Crippen LogP) is 0.352. The summed E-state index contributed by atoms with van der Waals surface area (Å²) < 4.78 is 5.47. The average molecular weight is 274 g/mol. The quantitative estimate of drug-likeness (QED) is 0.773. The number of amides is 1. The molecule has 6 nitrogen and oxygen atoms in total. The Bertz CT molecular complexity index is 558. The van der Waals surface area contributed by atoms with Crippen LogP contribution in [0, 0.1) is 11.8 Å². The molecule has 4 atom stereocenters. The summed E-state index contributed by atoms with van der Waals surface area (Å²) in [6, 6.07) is 3.60. The second-order valence-electron chi connectivity index (χ2n) is 4.91. The number of aromatic nitrogens is 1. The third kappa shape index (κ3) is 2.18. The van der Waals surface area contributed by atoms with Crippen molar-refractivity contribution in [3.05, 3.63) is 42.2 Å². The van der Waals surface area contributed by atoms with Gasteiger partial charge in [0.2, 0.25) is 5.91 Å². The second kappa shape index (κ2) is 5.05. The van der Waals surface area contributed by atoms with Gasteiger partial charge in [-0.2, -0.15) is 0 Å². The minimum absolute atomic E-state index is 0.286. The SMILES string of the molecule is O=C(O)[C@@H]1[C@H](C(=O)NCc2ccncc2)[C@@H]2C=C[C@@H]1O2. The molecule has 0 aromatic carbocycles. The van der Waals surface area contributed by atoms with Crippen molar-refractivity contribution in [1.29, 1.82) is 0 Å². The van der Waals surface area contributed by atoms with E-state index in [-0.39, 0.29) is 5.91 Å². The lowest BCUT2D eigenvalue weighted by atomic mass is 9.82. The smallest absolute Gasteiger partial charge is 0.310 e. The molecule has 2 N–H and O–H groups in total. The number of pyridine rings is 1. The number of nitrogens with one attached hydrogen (secondary N) is 1. The fourth-order valence-electron chi connectivity index (χ4n) is 2.72. The van der Waals surface area contributed by atoms with E-state index in [4.69, 9.17) is 4.74 Å². The number of nitrogens with zero attached hydrogens (tertiary/aromatic N) is 1. The number of fused-ring (bicyclic) bond motifs is 2. The summed E-state index contributed by atoms with van der Waals surface area (Å²) in [6.07, 6.45) is 5.85. The molecular weight excluding hydrogens is 260 g/mol. The number of carboxylic acid groups (broad SMARTS) is 1. The lowest BCUT2D eigenvalue weighted by Crippen LogP contribution is -2.42. The van der Waals surface area contributed by atoms with Crippen LogP contribution in [0.5, 0.6) is 0 Å². The van der Waals surface area contributed by atoms with Crippen LogP contribution in [0.4, 0.5) is 0 Å². The average Bonchev–Trinajstić information content (AvgIpc) is 3.06. The van der Waals surface area contributed by atoms with E-state index >= 15 is 0 Å². The Morgan fingerprint density at radius 2 is 1.85 bits per heavy atom. The van der Waals surface area contributed by atoms with Crippen molar-refractivity contribution in [3.8, 4) is 0 Å². The van der Waals surface area contributed by atoms with E-state index in [1.54, 1.807) is 36.7 Å². The Labute approximate surface area is 115 Å². The highest BCUT2D eigenvalue weighted by Crippen LogP contribution is 2.39. The van der Waals surface area contributed by atoms with E-state index in [1.807, 2.05) is 0 Å². The topological polar surface area (TPSA) is 88.5 Å². The molecular formula is C14H14N2O4. The van der Waals surface area contributed by atoms with Gasteiger partial charge in [0, 0.05) is 18.9 Å².